The molecule has 10 heteroatoms. The second-order valence-electron chi connectivity index (χ2n) is 11.8. The van der Waals surface area contributed by atoms with E-state index in [-0.39, 0.29) is 53.9 Å². The number of nitrogens with one attached hydrogen (secondary N) is 1. The number of rotatable bonds is 6. The monoisotopic (exact) mass is 600 g/mol. The lowest BCUT2D eigenvalue weighted by Crippen LogP contribution is -2.42. The quantitative estimate of drug-likeness (QED) is 0.300. The number of carbonyl (C=O) groups excluding carboxylic acids is 2. The zero-order valence-corrected chi connectivity index (χ0v) is 25.3. The Hall–Kier alpha value is -4.31. The van der Waals surface area contributed by atoms with Crippen LogP contribution >= 0.6 is 11.8 Å². The minimum Gasteiger partial charge on any atom is -0.454 e. The van der Waals surface area contributed by atoms with E-state index in [0.717, 1.165) is 33.6 Å². The van der Waals surface area contributed by atoms with E-state index >= 15 is 0 Å². The van der Waals surface area contributed by atoms with E-state index in [1.807, 2.05) is 49.4 Å². The molecule has 222 valence electrons. The summed E-state index contributed by atoms with van der Waals surface area (Å²) in [5.74, 6) is 1.22. The number of halogens is 1. The number of aromatic nitrogens is 2. The SMILES string of the molecule is Cc1cccc(-n2nc(C(C)(C)C)c3c2N(CC(=O)NCc2ccc(F)cc2)C(=O)CS[C@H]3c2ccc3c(c2)OCO3)c1. The molecule has 3 aromatic carbocycles. The lowest BCUT2D eigenvalue weighted by atomic mass is 9.87. The molecule has 2 aliphatic rings. The van der Waals surface area contributed by atoms with Crippen LogP contribution in [0.2, 0.25) is 0 Å². The van der Waals surface area contributed by atoms with Crippen LogP contribution < -0.4 is 19.7 Å². The Morgan fingerprint density at radius 1 is 1.07 bits per heavy atom. The minimum atomic E-state index is -0.377. The summed E-state index contributed by atoms with van der Waals surface area (Å²) in [4.78, 5) is 28.8. The number of anilines is 1. The molecule has 43 heavy (non-hydrogen) atoms. The molecule has 0 bridgehead atoms. The number of benzene rings is 3. The molecular weight excluding hydrogens is 567 g/mol. The number of hydrogen-bond donors (Lipinski definition) is 1. The highest BCUT2D eigenvalue weighted by molar-refractivity contribution is 8.00. The smallest absolute Gasteiger partial charge is 0.240 e. The topological polar surface area (TPSA) is 85.7 Å². The van der Waals surface area contributed by atoms with Crippen molar-refractivity contribution >= 4 is 29.4 Å². The van der Waals surface area contributed by atoms with Crippen LogP contribution in [0, 0.1) is 12.7 Å². The molecule has 0 radical (unpaired) electrons. The van der Waals surface area contributed by atoms with Crippen LogP contribution in [-0.4, -0.2) is 40.7 Å². The molecule has 6 rings (SSSR count). The highest BCUT2D eigenvalue weighted by atomic mass is 32.2. The van der Waals surface area contributed by atoms with Crippen molar-refractivity contribution in [3.05, 3.63) is 100 Å². The maximum Gasteiger partial charge on any atom is 0.240 e. The van der Waals surface area contributed by atoms with Gasteiger partial charge in [0.15, 0.2) is 11.5 Å². The van der Waals surface area contributed by atoms with Gasteiger partial charge in [0.2, 0.25) is 18.6 Å². The van der Waals surface area contributed by atoms with E-state index in [4.69, 9.17) is 14.6 Å². The van der Waals surface area contributed by atoms with Gasteiger partial charge in [-0.15, -0.1) is 11.8 Å². The summed E-state index contributed by atoms with van der Waals surface area (Å²) in [7, 11) is 0. The highest BCUT2D eigenvalue weighted by Gasteiger charge is 2.40. The first-order valence-corrected chi connectivity index (χ1v) is 15.2. The van der Waals surface area contributed by atoms with E-state index in [1.54, 1.807) is 21.7 Å². The number of ether oxygens (including phenoxy) is 2. The van der Waals surface area contributed by atoms with E-state index in [9.17, 15) is 14.0 Å². The summed E-state index contributed by atoms with van der Waals surface area (Å²) in [5, 5.41) is 7.78. The summed E-state index contributed by atoms with van der Waals surface area (Å²) in [6.07, 6.45) is 0. The first kappa shape index (κ1) is 28.8. The van der Waals surface area contributed by atoms with Crippen molar-refractivity contribution < 1.29 is 23.5 Å². The molecule has 2 amide bonds. The zero-order valence-electron chi connectivity index (χ0n) is 24.5. The maximum absolute atomic E-state index is 13.9. The van der Waals surface area contributed by atoms with Crippen LogP contribution in [0.3, 0.4) is 0 Å². The number of nitrogens with zero attached hydrogens (tertiary/aromatic N) is 3. The minimum absolute atomic E-state index is 0.163. The van der Waals surface area contributed by atoms with Gasteiger partial charge in [-0.05, 0) is 60.0 Å². The van der Waals surface area contributed by atoms with Crippen LogP contribution in [0.25, 0.3) is 5.69 Å². The van der Waals surface area contributed by atoms with Crippen molar-refractivity contribution in [2.24, 2.45) is 0 Å². The number of aryl methyl sites for hydroxylation is 1. The number of thioether (sulfide) groups is 1. The number of fused-ring (bicyclic) bond motifs is 2. The van der Waals surface area contributed by atoms with Gasteiger partial charge in [0.05, 0.1) is 22.4 Å². The van der Waals surface area contributed by atoms with Crippen molar-refractivity contribution in [1.29, 1.82) is 0 Å². The standard InChI is InChI=1S/C33H33FN4O4S/c1-20-6-5-7-24(14-20)38-32-29(31(36-38)33(2,3)4)30(22-10-13-25-26(15-22)42-19-41-25)43-18-28(40)37(32)17-27(39)35-16-21-8-11-23(34)12-9-21/h5-15,30H,16-19H2,1-4H3,(H,35,39)/t30-/m0/s1. The fourth-order valence-corrected chi connectivity index (χ4v) is 6.54. The number of hydrogen-bond acceptors (Lipinski definition) is 6. The summed E-state index contributed by atoms with van der Waals surface area (Å²) in [6.45, 7) is 8.50. The Morgan fingerprint density at radius 3 is 2.58 bits per heavy atom. The Kier molecular flexibility index (Phi) is 7.64. The molecule has 2 aliphatic heterocycles. The lowest BCUT2D eigenvalue weighted by molar-refractivity contribution is -0.123. The average molecular weight is 601 g/mol. The Bertz CT molecular complexity index is 1700. The predicted molar refractivity (Wildman–Crippen MR) is 164 cm³/mol. The molecule has 0 aliphatic carbocycles. The van der Waals surface area contributed by atoms with Gasteiger partial charge in [-0.25, -0.2) is 9.07 Å². The summed E-state index contributed by atoms with van der Waals surface area (Å²) in [6, 6.07) is 19.8. The van der Waals surface area contributed by atoms with E-state index < -0.39 is 0 Å². The van der Waals surface area contributed by atoms with Crippen LogP contribution in [0.4, 0.5) is 10.2 Å². The molecule has 1 N–H and O–H groups in total. The van der Waals surface area contributed by atoms with Crippen molar-refractivity contribution in [1.82, 2.24) is 15.1 Å². The molecule has 0 spiro atoms. The van der Waals surface area contributed by atoms with Crippen LogP contribution in [0.15, 0.2) is 66.7 Å². The van der Waals surface area contributed by atoms with Gasteiger partial charge >= 0.3 is 0 Å². The molecule has 0 fully saturated rings. The van der Waals surface area contributed by atoms with Crippen LogP contribution in [0.1, 0.15) is 54.0 Å². The highest BCUT2D eigenvalue weighted by Crippen LogP contribution is 2.49. The molecule has 1 aromatic heterocycles. The van der Waals surface area contributed by atoms with Crippen molar-refractivity contribution in [3.63, 3.8) is 0 Å². The Labute approximate surface area is 254 Å². The van der Waals surface area contributed by atoms with Crippen molar-refractivity contribution in [3.8, 4) is 17.2 Å². The van der Waals surface area contributed by atoms with Crippen LogP contribution in [0.5, 0.6) is 11.5 Å². The third-order valence-electron chi connectivity index (χ3n) is 7.45. The van der Waals surface area contributed by atoms with Gasteiger partial charge < -0.3 is 14.8 Å². The van der Waals surface area contributed by atoms with E-state index in [1.165, 1.54) is 23.9 Å². The third-order valence-corrected chi connectivity index (χ3v) is 8.70. The molecule has 0 saturated heterocycles. The summed E-state index contributed by atoms with van der Waals surface area (Å²) in [5.41, 5.74) is 4.91. The zero-order chi connectivity index (χ0) is 30.3. The maximum atomic E-state index is 13.9. The number of amides is 2. The van der Waals surface area contributed by atoms with Crippen LogP contribution in [-0.2, 0) is 21.5 Å². The summed E-state index contributed by atoms with van der Waals surface area (Å²) < 4.78 is 26.4. The molecule has 8 nitrogen and oxygen atoms in total. The first-order chi connectivity index (χ1) is 20.6. The molecule has 4 aromatic rings. The fourth-order valence-electron chi connectivity index (χ4n) is 5.35. The van der Waals surface area contributed by atoms with Crippen molar-refractivity contribution in [2.75, 3.05) is 24.0 Å². The van der Waals surface area contributed by atoms with E-state index in [2.05, 4.69) is 26.1 Å². The molecular formula is C33H33FN4O4S. The Morgan fingerprint density at radius 2 is 1.84 bits per heavy atom. The second kappa shape index (κ2) is 11.4. The summed E-state index contributed by atoms with van der Waals surface area (Å²) >= 11 is 1.51. The molecule has 0 unspecified atom stereocenters. The average Bonchev–Trinajstić information content (AvgIpc) is 3.58. The normalized spacial score (nSPS) is 16.2. The van der Waals surface area contributed by atoms with E-state index in [0.29, 0.717) is 17.3 Å². The third kappa shape index (κ3) is 5.84. The Balaban J connectivity index is 1.47. The predicted octanol–water partition coefficient (Wildman–Crippen LogP) is 5.83. The second-order valence-corrected chi connectivity index (χ2v) is 12.9. The fraction of sp³-hybridized carbons (Fsp3) is 0.303. The molecule has 1 atom stereocenters. The largest absolute Gasteiger partial charge is 0.454 e. The first-order valence-electron chi connectivity index (χ1n) is 14.1. The van der Waals surface area contributed by atoms with Gasteiger partial charge in [-0.3, -0.25) is 14.5 Å². The van der Waals surface area contributed by atoms with Gasteiger partial charge in [-0.2, -0.15) is 5.10 Å². The van der Waals surface area contributed by atoms with Gasteiger partial charge in [0, 0.05) is 17.5 Å². The number of carbonyl (C=O) groups is 2. The van der Waals surface area contributed by atoms with Gasteiger partial charge in [-0.1, -0.05) is 51.1 Å². The van der Waals surface area contributed by atoms with Gasteiger partial charge in [0.25, 0.3) is 0 Å². The lowest BCUT2D eigenvalue weighted by Gasteiger charge is -2.24. The molecule has 3 heterocycles. The van der Waals surface area contributed by atoms with Crippen molar-refractivity contribution in [2.45, 2.75) is 44.9 Å². The van der Waals surface area contributed by atoms with Gasteiger partial charge in [0.1, 0.15) is 18.2 Å². The molecule has 0 saturated carbocycles.